The maximum Gasteiger partial charge on any atom is 0.432 e. The summed E-state index contributed by atoms with van der Waals surface area (Å²) >= 11 is 0. The van der Waals surface area contributed by atoms with Gasteiger partial charge in [0.15, 0.2) is 0 Å². The molecule has 1 fully saturated rings. The highest BCUT2D eigenvalue weighted by atomic mass is 19.4. The predicted molar refractivity (Wildman–Crippen MR) is 82.0 cm³/mol. The van der Waals surface area contributed by atoms with Crippen molar-refractivity contribution in [3.05, 3.63) is 52.9 Å². The lowest BCUT2D eigenvalue weighted by atomic mass is 9.96. The van der Waals surface area contributed by atoms with Crippen LogP contribution in [0, 0.1) is 17.1 Å². The molecule has 0 radical (unpaired) electrons. The number of halogens is 4. The fourth-order valence-electron chi connectivity index (χ4n) is 3.12. The fourth-order valence-corrected chi connectivity index (χ4v) is 3.12. The van der Waals surface area contributed by atoms with Gasteiger partial charge in [-0.05, 0) is 37.6 Å². The zero-order chi connectivity index (χ0) is 18.0. The molecule has 1 unspecified atom stereocenters. The van der Waals surface area contributed by atoms with Crippen molar-refractivity contribution in [3.63, 3.8) is 0 Å². The van der Waals surface area contributed by atoms with Crippen LogP contribution in [0.3, 0.4) is 0 Å². The van der Waals surface area contributed by atoms with E-state index in [4.69, 9.17) is 5.26 Å². The molecule has 2 aromatic rings. The highest BCUT2D eigenvalue weighted by Gasteiger charge is 2.34. The molecule has 2 heterocycles. The summed E-state index contributed by atoms with van der Waals surface area (Å²) in [6, 6.07) is 6.16. The van der Waals surface area contributed by atoms with Crippen LogP contribution >= 0.6 is 0 Å². The topological polar surface area (TPSA) is 55.7 Å². The fraction of sp³-hybridized carbons (Fsp3) is 0.412. The van der Waals surface area contributed by atoms with Crippen LogP contribution in [0.15, 0.2) is 24.4 Å². The molecule has 1 aromatic carbocycles. The van der Waals surface area contributed by atoms with Gasteiger partial charge in [0.2, 0.25) is 0 Å². The number of nitriles is 1. The van der Waals surface area contributed by atoms with E-state index in [0.717, 1.165) is 25.6 Å². The number of hydrogen-bond acceptors (Lipinski definition) is 3. The second-order valence-corrected chi connectivity index (χ2v) is 6.17. The first-order valence-electron chi connectivity index (χ1n) is 7.90. The average Bonchev–Trinajstić information content (AvgIpc) is 3.07. The molecule has 1 atom stereocenters. The van der Waals surface area contributed by atoms with Gasteiger partial charge in [-0.15, -0.1) is 0 Å². The summed E-state index contributed by atoms with van der Waals surface area (Å²) in [6.45, 7) is 1.52. The van der Waals surface area contributed by atoms with Crippen LogP contribution in [0.4, 0.5) is 17.6 Å². The quantitative estimate of drug-likeness (QED) is 0.855. The Morgan fingerprint density at radius 2 is 2.16 bits per heavy atom. The first-order valence-corrected chi connectivity index (χ1v) is 7.90. The summed E-state index contributed by atoms with van der Waals surface area (Å²) in [5.41, 5.74) is -0.0617. The molecule has 0 aliphatic carbocycles. The molecule has 4 nitrogen and oxygen atoms in total. The largest absolute Gasteiger partial charge is 0.432 e. The number of rotatable bonds is 3. The van der Waals surface area contributed by atoms with Crippen molar-refractivity contribution >= 4 is 0 Å². The zero-order valence-electron chi connectivity index (χ0n) is 13.3. The van der Waals surface area contributed by atoms with Gasteiger partial charge in [0.25, 0.3) is 0 Å². The summed E-state index contributed by atoms with van der Waals surface area (Å²) < 4.78 is 52.0. The minimum atomic E-state index is -4.44. The first-order chi connectivity index (χ1) is 11.9. The third kappa shape index (κ3) is 3.99. The highest BCUT2D eigenvalue weighted by molar-refractivity contribution is 5.33. The Kier molecular flexibility index (Phi) is 4.77. The standard InChI is InChI=1S/C17H16F4N4/c18-14-4-3-11(7-22)6-13(14)10-25-5-1-2-12(9-25)16-23-8-15(24-16)17(19,20)21/h3-4,6,8,12H,1-2,5,9-10H2,(H,23,24). The number of imidazole rings is 1. The molecule has 0 amide bonds. The van der Waals surface area contributed by atoms with Crippen LogP contribution in [0.25, 0.3) is 0 Å². The number of likely N-dealkylation sites (tertiary alicyclic amines) is 1. The molecular weight excluding hydrogens is 336 g/mol. The Bertz CT molecular complexity index is 791. The van der Waals surface area contributed by atoms with Gasteiger partial charge >= 0.3 is 6.18 Å². The third-order valence-corrected chi connectivity index (χ3v) is 4.36. The van der Waals surface area contributed by atoms with Crippen LogP contribution in [0.5, 0.6) is 0 Å². The van der Waals surface area contributed by atoms with Crippen LogP contribution in [-0.2, 0) is 12.7 Å². The van der Waals surface area contributed by atoms with E-state index >= 15 is 0 Å². The van der Waals surface area contributed by atoms with Crippen LogP contribution in [0.2, 0.25) is 0 Å². The van der Waals surface area contributed by atoms with Gasteiger partial charge in [-0.25, -0.2) is 9.37 Å². The lowest BCUT2D eigenvalue weighted by molar-refractivity contribution is -0.141. The minimum Gasteiger partial charge on any atom is -0.338 e. The molecule has 0 spiro atoms. The molecule has 1 aliphatic heterocycles. The molecule has 1 saturated heterocycles. The Morgan fingerprint density at radius 1 is 1.36 bits per heavy atom. The average molecular weight is 352 g/mol. The number of alkyl halides is 3. The van der Waals surface area contributed by atoms with E-state index in [2.05, 4.69) is 9.97 Å². The minimum absolute atomic E-state index is 0.160. The van der Waals surface area contributed by atoms with E-state index in [0.29, 0.717) is 30.0 Å². The van der Waals surface area contributed by atoms with Gasteiger partial charge in [0, 0.05) is 24.6 Å². The number of nitrogens with one attached hydrogen (secondary N) is 1. The van der Waals surface area contributed by atoms with E-state index in [1.165, 1.54) is 18.2 Å². The molecule has 1 N–H and O–H groups in total. The van der Waals surface area contributed by atoms with Gasteiger partial charge < -0.3 is 4.98 Å². The monoisotopic (exact) mass is 352 g/mol. The van der Waals surface area contributed by atoms with Crippen molar-refractivity contribution < 1.29 is 17.6 Å². The number of aromatic nitrogens is 2. The molecule has 1 aromatic heterocycles. The van der Waals surface area contributed by atoms with E-state index in [-0.39, 0.29) is 5.92 Å². The highest BCUT2D eigenvalue weighted by Crippen LogP contribution is 2.31. The van der Waals surface area contributed by atoms with Crippen LogP contribution in [0.1, 0.15) is 41.4 Å². The first kappa shape index (κ1) is 17.4. The third-order valence-electron chi connectivity index (χ3n) is 4.36. The van der Waals surface area contributed by atoms with E-state index in [1.54, 1.807) is 0 Å². The molecule has 132 valence electrons. The number of hydrogen-bond donors (Lipinski definition) is 1. The summed E-state index contributed by atoms with van der Waals surface area (Å²) in [5.74, 6) is -0.242. The van der Waals surface area contributed by atoms with Gasteiger partial charge in [-0.3, -0.25) is 4.90 Å². The zero-order valence-corrected chi connectivity index (χ0v) is 13.3. The number of aromatic amines is 1. The summed E-state index contributed by atoms with van der Waals surface area (Å²) in [4.78, 5) is 8.21. The van der Waals surface area contributed by atoms with E-state index < -0.39 is 17.7 Å². The number of benzene rings is 1. The van der Waals surface area contributed by atoms with Crippen LogP contribution < -0.4 is 0 Å². The van der Waals surface area contributed by atoms with Gasteiger partial charge in [-0.1, -0.05) is 0 Å². The Labute approximate surface area is 142 Å². The van der Waals surface area contributed by atoms with Crippen LogP contribution in [-0.4, -0.2) is 28.0 Å². The molecule has 0 saturated carbocycles. The number of nitrogens with zero attached hydrogens (tertiary/aromatic N) is 3. The molecular formula is C17H16F4N4. The second-order valence-electron chi connectivity index (χ2n) is 6.17. The number of H-pyrrole nitrogens is 1. The summed E-state index contributed by atoms with van der Waals surface area (Å²) in [5, 5.41) is 8.93. The summed E-state index contributed by atoms with van der Waals surface area (Å²) in [7, 11) is 0. The smallest absolute Gasteiger partial charge is 0.338 e. The predicted octanol–water partition coefficient (Wildman–Crippen LogP) is 3.82. The molecule has 1 aliphatic rings. The van der Waals surface area contributed by atoms with E-state index in [9.17, 15) is 17.6 Å². The SMILES string of the molecule is N#Cc1ccc(F)c(CN2CCCC(c3ncc(C(F)(F)F)[nH]3)C2)c1. The molecule has 25 heavy (non-hydrogen) atoms. The van der Waals surface area contributed by atoms with Crippen molar-refractivity contribution in [1.82, 2.24) is 14.9 Å². The molecule has 0 bridgehead atoms. The summed E-state index contributed by atoms with van der Waals surface area (Å²) in [6.07, 6.45) is -2.13. The van der Waals surface area contributed by atoms with Crippen molar-refractivity contribution in [2.24, 2.45) is 0 Å². The van der Waals surface area contributed by atoms with Crippen molar-refractivity contribution in [2.45, 2.75) is 31.5 Å². The Morgan fingerprint density at radius 3 is 2.84 bits per heavy atom. The lowest BCUT2D eigenvalue weighted by Gasteiger charge is -2.32. The van der Waals surface area contributed by atoms with Gasteiger partial charge in [0.05, 0.1) is 17.8 Å². The normalized spacial score (nSPS) is 18.9. The van der Waals surface area contributed by atoms with Gasteiger partial charge in [0.1, 0.15) is 17.3 Å². The molecule has 8 heteroatoms. The maximum absolute atomic E-state index is 13.9. The second kappa shape index (κ2) is 6.84. The van der Waals surface area contributed by atoms with Crippen molar-refractivity contribution in [3.8, 4) is 6.07 Å². The van der Waals surface area contributed by atoms with Crippen molar-refractivity contribution in [1.29, 1.82) is 5.26 Å². The maximum atomic E-state index is 13.9. The Balaban J connectivity index is 1.71. The van der Waals surface area contributed by atoms with Gasteiger partial charge in [-0.2, -0.15) is 18.4 Å². The molecule has 3 rings (SSSR count). The lowest BCUT2D eigenvalue weighted by Crippen LogP contribution is -2.34. The van der Waals surface area contributed by atoms with Crippen molar-refractivity contribution in [2.75, 3.05) is 13.1 Å². The number of piperidine rings is 1. The van der Waals surface area contributed by atoms with E-state index in [1.807, 2.05) is 11.0 Å². The Hall–Kier alpha value is -2.40.